The third kappa shape index (κ3) is 4.16. The molecule has 0 aliphatic carbocycles. The predicted molar refractivity (Wildman–Crippen MR) is 111 cm³/mol. The van der Waals surface area contributed by atoms with E-state index in [9.17, 15) is 18.8 Å². The van der Waals surface area contributed by atoms with Gasteiger partial charge in [0.05, 0.1) is 24.8 Å². The SMILES string of the molecule is CCOC(=O)c1ccc(NC(=O)[C@H]2CC(=O)Nc3c(-c4ccc(F)cc4)cnn32)cc1. The van der Waals surface area contributed by atoms with Crippen LogP contribution in [0.2, 0.25) is 0 Å². The van der Waals surface area contributed by atoms with E-state index in [0.717, 1.165) is 0 Å². The number of nitrogens with zero attached hydrogens (tertiary/aromatic N) is 2. The van der Waals surface area contributed by atoms with Crippen molar-refractivity contribution in [3.63, 3.8) is 0 Å². The summed E-state index contributed by atoms with van der Waals surface area (Å²) in [4.78, 5) is 36.9. The second-order valence-corrected chi connectivity index (χ2v) is 6.91. The Morgan fingerprint density at radius 3 is 2.58 bits per heavy atom. The summed E-state index contributed by atoms with van der Waals surface area (Å²) >= 11 is 0. The molecule has 3 aromatic rings. The average Bonchev–Trinajstić information content (AvgIpc) is 3.18. The van der Waals surface area contributed by atoms with Gasteiger partial charge in [0, 0.05) is 11.3 Å². The highest BCUT2D eigenvalue weighted by molar-refractivity contribution is 6.03. The number of nitrogens with one attached hydrogen (secondary N) is 2. The summed E-state index contributed by atoms with van der Waals surface area (Å²) < 4.78 is 19.6. The molecule has 0 fully saturated rings. The number of halogens is 1. The first-order valence-corrected chi connectivity index (χ1v) is 9.67. The van der Waals surface area contributed by atoms with Gasteiger partial charge in [-0.05, 0) is 48.9 Å². The van der Waals surface area contributed by atoms with Gasteiger partial charge in [-0.2, -0.15) is 5.10 Å². The minimum atomic E-state index is -0.859. The van der Waals surface area contributed by atoms with Crippen LogP contribution in [-0.4, -0.2) is 34.2 Å². The lowest BCUT2D eigenvalue weighted by atomic mass is 10.1. The fraction of sp³-hybridized carbons (Fsp3) is 0.182. The number of esters is 1. The van der Waals surface area contributed by atoms with Gasteiger partial charge in [0.1, 0.15) is 17.7 Å². The molecule has 0 saturated heterocycles. The van der Waals surface area contributed by atoms with Gasteiger partial charge in [-0.25, -0.2) is 13.9 Å². The molecule has 2 heterocycles. The van der Waals surface area contributed by atoms with Crippen LogP contribution in [0, 0.1) is 5.82 Å². The minimum absolute atomic E-state index is 0.0791. The quantitative estimate of drug-likeness (QED) is 0.614. The summed E-state index contributed by atoms with van der Waals surface area (Å²) in [5, 5.41) is 9.76. The van der Waals surface area contributed by atoms with Gasteiger partial charge < -0.3 is 15.4 Å². The minimum Gasteiger partial charge on any atom is -0.462 e. The second kappa shape index (κ2) is 8.39. The molecule has 158 valence electrons. The van der Waals surface area contributed by atoms with Crippen LogP contribution in [0.4, 0.5) is 15.9 Å². The van der Waals surface area contributed by atoms with Gasteiger partial charge in [0.25, 0.3) is 0 Å². The van der Waals surface area contributed by atoms with Crippen molar-refractivity contribution in [3.8, 4) is 11.1 Å². The molecular formula is C22H19FN4O4. The van der Waals surface area contributed by atoms with Crippen LogP contribution in [0.15, 0.2) is 54.7 Å². The topological polar surface area (TPSA) is 102 Å². The molecule has 1 aromatic heterocycles. The molecule has 31 heavy (non-hydrogen) atoms. The molecule has 0 unspecified atom stereocenters. The van der Waals surface area contributed by atoms with Crippen LogP contribution in [-0.2, 0) is 14.3 Å². The zero-order valence-electron chi connectivity index (χ0n) is 16.6. The summed E-state index contributed by atoms with van der Waals surface area (Å²) in [7, 11) is 0. The molecule has 2 amide bonds. The summed E-state index contributed by atoms with van der Waals surface area (Å²) in [5.74, 6) is -1.19. The molecule has 1 aliphatic heterocycles. The molecular weight excluding hydrogens is 403 g/mol. The number of rotatable bonds is 5. The van der Waals surface area contributed by atoms with Gasteiger partial charge in [-0.15, -0.1) is 0 Å². The number of hydrogen-bond acceptors (Lipinski definition) is 5. The molecule has 9 heteroatoms. The van der Waals surface area contributed by atoms with Crippen molar-refractivity contribution in [1.29, 1.82) is 0 Å². The maximum atomic E-state index is 13.2. The van der Waals surface area contributed by atoms with Crippen LogP contribution in [0.25, 0.3) is 11.1 Å². The van der Waals surface area contributed by atoms with Crippen LogP contribution < -0.4 is 10.6 Å². The highest BCUT2D eigenvalue weighted by atomic mass is 19.1. The van der Waals surface area contributed by atoms with Gasteiger partial charge in [0.2, 0.25) is 11.8 Å². The number of carbonyl (C=O) groups excluding carboxylic acids is 3. The van der Waals surface area contributed by atoms with Crippen LogP contribution in [0.1, 0.15) is 29.7 Å². The molecule has 1 aliphatic rings. The molecule has 0 radical (unpaired) electrons. The summed E-state index contributed by atoms with van der Waals surface area (Å²) in [6.45, 7) is 1.99. The van der Waals surface area contributed by atoms with Gasteiger partial charge in [-0.3, -0.25) is 9.59 Å². The van der Waals surface area contributed by atoms with Crippen molar-refractivity contribution in [2.75, 3.05) is 17.2 Å². The first-order chi connectivity index (χ1) is 15.0. The Balaban J connectivity index is 1.55. The molecule has 0 bridgehead atoms. The van der Waals surface area contributed by atoms with E-state index in [1.807, 2.05) is 0 Å². The fourth-order valence-electron chi connectivity index (χ4n) is 3.34. The first-order valence-electron chi connectivity index (χ1n) is 9.67. The molecule has 2 N–H and O–H groups in total. The van der Waals surface area contributed by atoms with Crippen molar-refractivity contribution in [2.24, 2.45) is 0 Å². The van der Waals surface area contributed by atoms with Crippen molar-refractivity contribution in [1.82, 2.24) is 9.78 Å². The van der Waals surface area contributed by atoms with Gasteiger partial charge >= 0.3 is 5.97 Å². The molecule has 4 rings (SSSR count). The lowest BCUT2D eigenvalue weighted by molar-refractivity contribution is -0.125. The maximum Gasteiger partial charge on any atom is 0.338 e. The van der Waals surface area contributed by atoms with E-state index in [1.54, 1.807) is 43.3 Å². The number of benzene rings is 2. The number of anilines is 2. The van der Waals surface area contributed by atoms with Gasteiger partial charge in [0.15, 0.2) is 0 Å². The molecule has 1 atom stereocenters. The summed E-state index contributed by atoms with van der Waals surface area (Å²) in [6.07, 6.45) is 1.45. The largest absolute Gasteiger partial charge is 0.462 e. The van der Waals surface area contributed by atoms with Crippen molar-refractivity contribution < 1.29 is 23.5 Å². The Bertz CT molecular complexity index is 1140. The number of aromatic nitrogens is 2. The zero-order chi connectivity index (χ0) is 22.0. The van der Waals surface area contributed by atoms with E-state index in [4.69, 9.17) is 4.74 Å². The van der Waals surface area contributed by atoms with Crippen molar-refractivity contribution >= 4 is 29.3 Å². The highest BCUT2D eigenvalue weighted by Gasteiger charge is 2.33. The number of ether oxygens (including phenoxy) is 1. The van der Waals surface area contributed by atoms with E-state index in [1.165, 1.54) is 23.0 Å². The zero-order valence-corrected chi connectivity index (χ0v) is 16.6. The van der Waals surface area contributed by atoms with Gasteiger partial charge in [-0.1, -0.05) is 12.1 Å². The smallest absolute Gasteiger partial charge is 0.338 e. The Morgan fingerprint density at radius 1 is 1.19 bits per heavy atom. The lowest BCUT2D eigenvalue weighted by Gasteiger charge is -2.24. The number of amides is 2. The van der Waals surface area contributed by atoms with E-state index in [-0.39, 0.29) is 24.8 Å². The molecule has 2 aromatic carbocycles. The summed E-state index contributed by atoms with van der Waals surface area (Å²) in [6, 6.07) is 11.2. The first kappa shape index (κ1) is 20.3. The third-order valence-electron chi connectivity index (χ3n) is 4.85. The van der Waals surface area contributed by atoms with Crippen molar-refractivity contribution in [2.45, 2.75) is 19.4 Å². The van der Waals surface area contributed by atoms with Crippen molar-refractivity contribution in [3.05, 3.63) is 66.1 Å². The number of hydrogen-bond donors (Lipinski definition) is 2. The standard InChI is InChI=1S/C22H19FN4O4/c1-2-31-22(30)14-5-9-16(10-6-14)25-21(29)18-11-19(28)26-20-17(12-24-27(18)20)13-3-7-15(23)8-4-13/h3-10,12,18H,2,11H2,1H3,(H,25,29)(H,26,28)/t18-/m1/s1. The Morgan fingerprint density at radius 2 is 1.90 bits per heavy atom. The molecule has 0 saturated carbocycles. The third-order valence-corrected chi connectivity index (χ3v) is 4.85. The monoisotopic (exact) mass is 422 g/mol. The predicted octanol–water partition coefficient (Wildman–Crippen LogP) is 3.39. The lowest BCUT2D eigenvalue weighted by Crippen LogP contribution is -2.35. The number of fused-ring (bicyclic) bond motifs is 1. The van der Waals surface area contributed by atoms with Crippen LogP contribution in [0.5, 0.6) is 0 Å². The fourth-order valence-corrected chi connectivity index (χ4v) is 3.34. The number of carbonyl (C=O) groups is 3. The Hall–Kier alpha value is -4.01. The van der Waals surface area contributed by atoms with E-state index >= 15 is 0 Å². The van der Waals surface area contributed by atoms with E-state index in [2.05, 4.69) is 15.7 Å². The van der Waals surface area contributed by atoms with Crippen LogP contribution in [0.3, 0.4) is 0 Å². The molecule has 0 spiro atoms. The van der Waals surface area contributed by atoms with Crippen LogP contribution >= 0.6 is 0 Å². The van der Waals surface area contributed by atoms with E-state index < -0.39 is 17.9 Å². The average molecular weight is 422 g/mol. The second-order valence-electron chi connectivity index (χ2n) is 6.91. The Labute approximate surface area is 177 Å². The normalized spacial score (nSPS) is 15.0. The molecule has 8 nitrogen and oxygen atoms in total. The van der Waals surface area contributed by atoms with E-state index in [0.29, 0.717) is 28.2 Å². The highest BCUT2D eigenvalue weighted by Crippen LogP contribution is 2.34. The maximum absolute atomic E-state index is 13.2. The summed E-state index contributed by atoms with van der Waals surface area (Å²) in [5.41, 5.74) is 2.09. The Kier molecular flexibility index (Phi) is 5.48.